The molecule has 0 aliphatic carbocycles. The van der Waals surface area contributed by atoms with Gasteiger partial charge in [-0.15, -0.1) is 0 Å². The number of nitrogen functional groups attached to an aromatic ring is 1. The third-order valence-electron chi connectivity index (χ3n) is 2.85. The van der Waals surface area contributed by atoms with Crippen molar-refractivity contribution in [3.63, 3.8) is 0 Å². The molecule has 7 nitrogen and oxygen atoms in total. The van der Waals surface area contributed by atoms with E-state index in [0.717, 1.165) is 0 Å². The first-order chi connectivity index (χ1) is 11.1. The molecule has 130 valence electrons. The normalized spacial score (nSPS) is 11.8. The van der Waals surface area contributed by atoms with Gasteiger partial charge in [-0.1, -0.05) is 0 Å². The Morgan fingerprint density at radius 3 is 2.52 bits per heavy atom. The van der Waals surface area contributed by atoms with Gasteiger partial charge in [0, 0.05) is 23.9 Å². The zero-order valence-corrected chi connectivity index (χ0v) is 13.9. The number of carbonyl (C=O) groups is 1. The summed E-state index contributed by atoms with van der Waals surface area (Å²) in [6.45, 7) is 5.20. The van der Waals surface area contributed by atoms with Crippen LogP contribution in [0.5, 0.6) is 11.5 Å². The second-order valence-corrected chi connectivity index (χ2v) is 4.67. The Hall–Kier alpha value is -1.99. The van der Waals surface area contributed by atoms with Crippen LogP contribution in [0.15, 0.2) is 18.2 Å². The van der Waals surface area contributed by atoms with Crippen LogP contribution in [-0.2, 0) is 19.0 Å². The molecule has 0 aromatic heterocycles. The number of carbonyl (C=O) groups excluding carboxylic acids is 1. The Morgan fingerprint density at radius 1 is 1.13 bits per heavy atom. The molecule has 1 aromatic rings. The zero-order valence-electron chi connectivity index (χ0n) is 13.9. The molecule has 0 heterocycles. The van der Waals surface area contributed by atoms with E-state index in [1.54, 1.807) is 39.2 Å². The Labute approximate surface area is 136 Å². The summed E-state index contributed by atoms with van der Waals surface area (Å²) in [5, 5.41) is 0. The van der Waals surface area contributed by atoms with E-state index in [9.17, 15) is 4.79 Å². The molecule has 7 heteroatoms. The van der Waals surface area contributed by atoms with E-state index in [0.29, 0.717) is 50.2 Å². The Bertz CT molecular complexity index is 480. The van der Waals surface area contributed by atoms with Crippen LogP contribution >= 0.6 is 0 Å². The molecule has 0 aliphatic heterocycles. The number of hydrogen-bond donors (Lipinski definition) is 1. The average molecular weight is 327 g/mol. The van der Waals surface area contributed by atoms with Gasteiger partial charge < -0.3 is 29.4 Å². The van der Waals surface area contributed by atoms with Crippen molar-refractivity contribution in [2.45, 2.75) is 20.0 Å². The van der Waals surface area contributed by atoms with E-state index in [4.69, 9.17) is 29.4 Å². The number of anilines is 1. The lowest BCUT2D eigenvalue weighted by molar-refractivity contribution is -0.156. The highest BCUT2D eigenvalue weighted by Gasteiger charge is 2.13. The summed E-state index contributed by atoms with van der Waals surface area (Å²) in [6.07, 6.45) is -0.588. The number of esters is 1. The van der Waals surface area contributed by atoms with E-state index in [-0.39, 0.29) is 5.97 Å². The van der Waals surface area contributed by atoms with Crippen molar-refractivity contribution >= 4 is 11.7 Å². The second kappa shape index (κ2) is 10.7. The van der Waals surface area contributed by atoms with Gasteiger partial charge >= 0.3 is 5.97 Å². The Kier molecular flexibility index (Phi) is 8.86. The van der Waals surface area contributed by atoms with Gasteiger partial charge in [-0.05, 0) is 13.8 Å². The van der Waals surface area contributed by atoms with Gasteiger partial charge in [-0.25, -0.2) is 4.79 Å². The minimum Gasteiger partial charge on any atom is -0.497 e. The minimum atomic E-state index is -0.588. The fourth-order valence-corrected chi connectivity index (χ4v) is 1.73. The maximum absolute atomic E-state index is 11.3. The molecular weight excluding hydrogens is 302 g/mol. The lowest BCUT2D eigenvalue weighted by Crippen LogP contribution is -2.25. The quantitative estimate of drug-likeness (QED) is 0.375. The van der Waals surface area contributed by atoms with Crippen molar-refractivity contribution in [3.05, 3.63) is 18.2 Å². The van der Waals surface area contributed by atoms with Crippen molar-refractivity contribution < 1.29 is 28.5 Å². The summed E-state index contributed by atoms with van der Waals surface area (Å²) in [6, 6.07) is 5.18. The average Bonchev–Trinajstić information content (AvgIpc) is 2.53. The minimum absolute atomic E-state index is 0.312. The topological polar surface area (TPSA) is 89.2 Å². The fourth-order valence-electron chi connectivity index (χ4n) is 1.73. The van der Waals surface area contributed by atoms with Crippen molar-refractivity contribution in [2.24, 2.45) is 0 Å². The predicted octanol–water partition coefficient (Wildman–Crippen LogP) is 1.64. The maximum Gasteiger partial charge on any atom is 0.334 e. The highest BCUT2D eigenvalue weighted by Crippen LogP contribution is 2.23. The third-order valence-corrected chi connectivity index (χ3v) is 2.85. The molecule has 1 unspecified atom stereocenters. The van der Waals surface area contributed by atoms with Crippen LogP contribution in [0.25, 0.3) is 0 Å². The first-order valence-corrected chi connectivity index (χ1v) is 7.50. The molecule has 1 rings (SSSR count). The first-order valence-electron chi connectivity index (χ1n) is 7.50. The molecular formula is C16H25NO6. The molecule has 0 bridgehead atoms. The summed E-state index contributed by atoms with van der Waals surface area (Å²) in [4.78, 5) is 11.3. The number of rotatable bonds is 11. The zero-order chi connectivity index (χ0) is 17.1. The van der Waals surface area contributed by atoms with Gasteiger partial charge in [-0.3, -0.25) is 0 Å². The van der Waals surface area contributed by atoms with Gasteiger partial charge in [-0.2, -0.15) is 0 Å². The monoisotopic (exact) mass is 327 g/mol. The summed E-state index contributed by atoms with van der Waals surface area (Å²) < 4.78 is 26.1. The van der Waals surface area contributed by atoms with E-state index in [1.807, 2.05) is 0 Å². The molecule has 0 aliphatic rings. The summed E-state index contributed by atoms with van der Waals surface area (Å²) >= 11 is 0. The molecule has 0 saturated carbocycles. The van der Waals surface area contributed by atoms with Gasteiger partial charge in [0.1, 0.15) is 18.1 Å². The van der Waals surface area contributed by atoms with Crippen molar-refractivity contribution in [1.29, 1.82) is 0 Å². The Morgan fingerprint density at radius 2 is 1.83 bits per heavy atom. The maximum atomic E-state index is 11.3. The number of ether oxygens (including phenoxy) is 5. The number of nitrogens with two attached hydrogens (primary N) is 1. The molecule has 0 radical (unpaired) electrons. The number of benzene rings is 1. The molecule has 0 spiro atoms. The van der Waals surface area contributed by atoms with Crippen molar-refractivity contribution in [1.82, 2.24) is 0 Å². The highest BCUT2D eigenvalue weighted by molar-refractivity contribution is 5.74. The van der Waals surface area contributed by atoms with Gasteiger partial charge in [0.05, 0.1) is 33.5 Å². The standard InChI is InChI=1S/C16H25NO6/c1-4-21-16(18)12(2)22-7-5-20-6-8-23-15-10-13(17)9-14(11-15)19-3/h9-12H,4-8,17H2,1-3H3. The van der Waals surface area contributed by atoms with Crippen molar-refractivity contribution in [3.8, 4) is 11.5 Å². The van der Waals surface area contributed by atoms with Crippen LogP contribution in [0.3, 0.4) is 0 Å². The van der Waals surface area contributed by atoms with E-state index in [1.165, 1.54) is 0 Å². The molecule has 1 aromatic carbocycles. The SMILES string of the molecule is CCOC(=O)C(C)OCCOCCOc1cc(N)cc(OC)c1. The third kappa shape index (κ3) is 7.71. The highest BCUT2D eigenvalue weighted by atomic mass is 16.6. The molecule has 0 amide bonds. The summed E-state index contributed by atoms with van der Waals surface area (Å²) in [5.41, 5.74) is 6.30. The predicted molar refractivity (Wildman–Crippen MR) is 85.8 cm³/mol. The van der Waals surface area contributed by atoms with Crippen LogP contribution in [0.4, 0.5) is 5.69 Å². The van der Waals surface area contributed by atoms with Crippen molar-refractivity contribution in [2.75, 3.05) is 45.9 Å². The van der Waals surface area contributed by atoms with Crippen LogP contribution in [0, 0.1) is 0 Å². The molecule has 1 atom stereocenters. The van der Waals surface area contributed by atoms with E-state index in [2.05, 4.69) is 0 Å². The van der Waals surface area contributed by atoms with E-state index < -0.39 is 6.10 Å². The van der Waals surface area contributed by atoms with Crippen LogP contribution < -0.4 is 15.2 Å². The fraction of sp³-hybridized carbons (Fsp3) is 0.562. The first kappa shape index (κ1) is 19.1. The number of methoxy groups -OCH3 is 1. The molecule has 0 fully saturated rings. The summed E-state index contributed by atoms with van der Waals surface area (Å²) in [7, 11) is 1.57. The lowest BCUT2D eigenvalue weighted by Gasteiger charge is -2.12. The van der Waals surface area contributed by atoms with E-state index >= 15 is 0 Å². The molecule has 0 saturated heterocycles. The smallest absolute Gasteiger partial charge is 0.334 e. The lowest BCUT2D eigenvalue weighted by atomic mass is 10.3. The van der Waals surface area contributed by atoms with Gasteiger partial charge in [0.2, 0.25) is 0 Å². The second-order valence-electron chi connectivity index (χ2n) is 4.67. The number of hydrogen-bond acceptors (Lipinski definition) is 7. The van der Waals surface area contributed by atoms with Gasteiger partial charge in [0.25, 0.3) is 0 Å². The molecule has 23 heavy (non-hydrogen) atoms. The Balaban J connectivity index is 2.12. The molecule has 2 N–H and O–H groups in total. The van der Waals surface area contributed by atoms with Crippen LogP contribution in [0.2, 0.25) is 0 Å². The van der Waals surface area contributed by atoms with Gasteiger partial charge in [0.15, 0.2) is 6.10 Å². The van der Waals surface area contributed by atoms with Crippen LogP contribution in [0.1, 0.15) is 13.8 Å². The van der Waals surface area contributed by atoms with Crippen LogP contribution in [-0.4, -0.2) is 52.2 Å². The largest absolute Gasteiger partial charge is 0.497 e. The summed E-state index contributed by atoms with van der Waals surface area (Å²) in [5.74, 6) is 0.895.